The Morgan fingerprint density at radius 2 is 1.35 bits per heavy atom. The molecule has 0 heterocycles. The molecular formula is C17H30. The lowest BCUT2D eigenvalue weighted by Crippen LogP contribution is -1.92. The van der Waals surface area contributed by atoms with Gasteiger partial charge >= 0.3 is 0 Å². The Labute approximate surface area is 109 Å². The van der Waals surface area contributed by atoms with E-state index in [1.165, 1.54) is 22.3 Å². The zero-order chi connectivity index (χ0) is 13.8. The van der Waals surface area contributed by atoms with Crippen molar-refractivity contribution >= 4 is 0 Å². The van der Waals surface area contributed by atoms with Crippen molar-refractivity contribution in [1.82, 2.24) is 0 Å². The summed E-state index contributed by atoms with van der Waals surface area (Å²) < 4.78 is 0. The minimum atomic E-state index is 1.08. The number of hydrogen-bond acceptors (Lipinski definition) is 0. The predicted octanol–water partition coefficient (Wildman–Crippen LogP) is 6.23. The van der Waals surface area contributed by atoms with E-state index in [1.54, 1.807) is 0 Å². The summed E-state index contributed by atoms with van der Waals surface area (Å²) in [6.45, 7) is 16.9. The Hall–Kier alpha value is -1.04. The summed E-state index contributed by atoms with van der Waals surface area (Å²) in [4.78, 5) is 0. The van der Waals surface area contributed by atoms with Crippen LogP contribution < -0.4 is 0 Å². The predicted molar refractivity (Wildman–Crippen MR) is 82.3 cm³/mol. The van der Waals surface area contributed by atoms with Crippen LogP contribution in [-0.4, -0.2) is 0 Å². The maximum Gasteiger partial charge on any atom is -0.0239 e. The third kappa shape index (κ3) is 6.99. The minimum Gasteiger partial charge on any atom is -0.0874 e. The van der Waals surface area contributed by atoms with Crippen LogP contribution in [0.2, 0.25) is 0 Å². The van der Waals surface area contributed by atoms with Gasteiger partial charge in [-0.3, -0.25) is 0 Å². The first-order chi connectivity index (χ1) is 8.08. The molecule has 0 aromatic heterocycles. The average molecular weight is 234 g/mol. The second-order valence-electron chi connectivity index (χ2n) is 3.93. The van der Waals surface area contributed by atoms with Gasteiger partial charge in [0.2, 0.25) is 0 Å². The summed E-state index contributed by atoms with van der Waals surface area (Å²) in [6.07, 6.45) is 9.69. The Balaban J connectivity index is 0. The smallest absolute Gasteiger partial charge is 0.0239 e. The highest BCUT2D eigenvalue weighted by Gasteiger charge is 2.04. The number of hydrogen-bond donors (Lipinski definition) is 0. The van der Waals surface area contributed by atoms with E-state index in [1.807, 2.05) is 13.8 Å². The van der Waals surface area contributed by atoms with Crippen molar-refractivity contribution in [3.8, 4) is 0 Å². The van der Waals surface area contributed by atoms with Crippen molar-refractivity contribution in [2.24, 2.45) is 0 Å². The van der Waals surface area contributed by atoms with Gasteiger partial charge in [0.05, 0.1) is 0 Å². The third-order valence-electron chi connectivity index (χ3n) is 2.44. The van der Waals surface area contributed by atoms with E-state index in [0.717, 1.165) is 6.42 Å². The SMILES string of the molecule is C/C=C\C(=C(C)C)/C(CC)=C(C)/C=C\C.CC. The summed E-state index contributed by atoms with van der Waals surface area (Å²) in [5.74, 6) is 0. The molecule has 0 saturated carbocycles. The van der Waals surface area contributed by atoms with Gasteiger partial charge in [0.25, 0.3) is 0 Å². The Morgan fingerprint density at radius 3 is 1.65 bits per heavy atom. The molecular weight excluding hydrogens is 204 g/mol. The molecule has 0 heteroatoms. The van der Waals surface area contributed by atoms with E-state index in [9.17, 15) is 0 Å². The van der Waals surface area contributed by atoms with E-state index >= 15 is 0 Å². The molecule has 0 aromatic carbocycles. The van der Waals surface area contributed by atoms with E-state index in [4.69, 9.17) is 0 Å². The summed E-state index contributed by atoms with van der Waals surface area (Å²) >= 11 is 0. The Bertz CT molecular complexity index is 305. The van der Waals surface area contributed by atoms with Crippen LogP contribution in [0.4, 0.5) is 0 Å². The van der Waals surface area contributed by atoms with Crippen LogP contribution in [0.15, 0.2) is 46.6 Å². The van der Waals surface area contributed by atoms with Crippen molar-refractivity contribution in [2.45, 2.75) is 61.8 Å². The van der Waals surface area contributed by atoms with Gasteiger partial charge in [-0.1, -0.05) is 50.6 Å². The molecule has 0 aliphatic carbocycles. The first kappa shape index (κ1) is 18.3. The van der Waals surface area contributed by atoms with Crippen LogP contribution in [-0.2, 0) is 0 Å². The summed E-state index contributed by atoms with van der Waals surface area (Å²) in [6, 6.07) is 0. The molecule has 0 bridgehead atoms. The molecule has 0 atom stereocenters. The maximum atomic E-state index is 2.22. The highest BCUT2D eigenvalue weighted by molar-refractivity contribution is 5.47. The van der Waals surface area contributed by atoms with Crippen LogP contribution in [0.5, 0.6) is 0 Å². The summed E-state index contributed by atoms with van der Waals surface area (Å²) in [7, 11) is 0. The largest absolute Gasteiger partial charge is 0.0874 e. The summed E-state index contributed by atoms with van der Waals surface area (Å²) in [5, 5.41) is 0. The van der Waals surface area contributed by atoms with Crippen molar-refractivity contribution in [1.29, 1.82) is 0 Å². The van der Waals surface area contributed by atoms with E-state index in [0.29, 0.717) is 0 Å². The molecule has 17 heavy (non-hydrogen) atoms. The first-order valence-corrected chi connectivity index (χ1v) is 6.71. The second kappa shape index (κ2) is 11.4. The van der Waals surface area contributed by atoms with Gasteiger partial charge < -0.3 is 0 Å². The fourth-order valence-corrected chi connectivity index (χ4v) is 1.77. The molecule has 0 amide bonds. The lowest BCUT2D eigenvalue weighted by atomic mass is 9.94. The molecule has 0 unspecified atom stereocenters. The lowest BCUT2D eigenvalue weighted by molar-refractivity contribution is 1.08. The third-order valence-corrected chi connectivity index (χ3v) is 2.44. The quantitative estimate of drug-likeness (QED) is 0.506. The molecule has 0 N–H and O–H groups in total. The van der Waals surface area contributed by atoms with Crippen LogP contribution in [0.1, 0.15) is 61.8 Å². The molecule has 0 fully saturated rings. The lowest BCUT2D eigenvalue weighted by Gasteiger charge is -2.11. The zero-order valence-corrected chi connectivity index (χ0v) is 13.0. The topological polar surface area (TPSA) is 0 Å². The number of allylic oxidation sites excluding steroid dienone is 8. The van der Waals surface area contributed by atoms with E-state index < -0.39 is 0 Å². The van der Waals surface area contributed by atoms with Gasteiger partial charge in [0.1, 0.15) is 0 Å². The second-order valence-corrected chi connectivity index (χ2v) is 3.93. The molecule has 98 valence electrons. The molecule has 0 nitrogen and oxygen atoms in total. The van der Waals surface area contributed by atoms with Gasteiger partial charge in [-0.15, -0.1) is 0 Å². The van der Waals surface area contributed by atoms with Gasteiger partial charge in [0.15, 0.2) is 0 Å². The van der Waals surface area contributed by atoms with Crippen LogP contribution >= 0.6 is 0 Å². The molecule has 0 aliphatic rings. The zero-order valence-electron chi connectivity index (χ0n) is 13.0. The molecule has 0 radical (unpaired) electrons. The van der Waals surface area contributed by atoms with Crippen molar-refractivity contribution in [3.63, 3.8) is 0 Å². The highest BCUT2D eigenvalue weighted by atomic mass is 14.1. The van der Waals surface area contributed by atoms with Crippen LogP contribution in [0.3, 0.4) is 0 Å². The van der Waals surface area contributed by atoms with E-state index in [-0.39, 0.29) is 0 Å². The van der Waals surface area contributed by atoms with Crippen molar-refractivity contribution < 1.29 is 0 Å². The Kier molecular flexibility index (Phi) is 12.3. The van der Waals surface area contributed by atoms with Crippen molar-refractivity contribution in [3.05, 3.63) is 46.6 Å². The Morgan fingerprint density at radius 1 is 0.882 bits per heavy atom. The fraction of sp³-hybridized carbons (Fsp3) is 0.529. The summed E-state index contributed by atoms with van der Waals surface area (Å²) in [5.41, 5.74) is 5.59. The van der Waals surface area contributed by atoms with E-state index in [2.05, 4.69) is 65.8 Å². The average Bonchev–Trinajstić information content (AvgIpc) is 2.31. The molecule has 0 aromatic rings. The minimum absolute atomic E-state index is 1.08. The first-order valence-electron chi connectivity index (χ1n) is 6.71. The molecule has 0 spiro atoms. The van der Waals surface area contributed by atoms with Gasteiger partial charge in [0, 0.05) is 0 Å². The monoisotopic (exact) mass is 234 g/mol. The fourth-order valence-electron chi connectivity index (χ4n) is 1.77. The van der Waals surface area contributed by atoms with Crippen LogP contribution in [0.25, 0.3) is 0 Å². The normalized spacial score (nSPS) is 12.2. The van der Waals surface area contributed by atoms with Gasteiger partial charge in [-0.25, -0.2) is 0 Å². The van der Waals surface area contributed by atoms with Gasteiger partial charge in [-0.2, -0.15) is 0 Å². The molecule has 0 aliphatic heterocycles. The maximum absolute atomic E-state index is 2.22. The standard InChI is InChI=1S/C15H24.C2H6/c1-7-10-13(6)14(9-3)15(11-8-2)12(4)5;1-2/h7-8,10-11H,9H2,1-6H3;1-2H3/b10-7-,11-8-,14-13+;. The van der Waals surface area contributed by atoms with Crippen LogP contribution in [0, 0.1) is 0 Å². The van der Waals surface area contributed by atoms with Crippen molar-refractivity contribution in [2.75, 3.05) is 0 Å². The van der Waals surface area contributed by atoms with Gasteiger partial charge in [-0.05, 0) is 57.8 Å². The number of rotatable bonds is 4. The molecule has 0 rings (SSSR count). The molecule has 0 saturated heterocycles. The highest BCUT2D eigenvalue weighted by Crippen LogP contribution is 2.23.